The highest BCUT2D eigenvalue weighted by molar-refractivity contribution is 4.44. The molecule has 0 saturated heterocycles. The number of nitrogens with zero attached hydrogens (tertiary/aromatic N) is 1. The van der Waals surface area contributed by atoms with Crippen molar-refractivity contribution >= 4 is 0 Å². The lowest BCUT2D eigenvalue weighted by atomic mass is 10.3. The highest BCUT2D eigenvalue weighted by Gasteiger charge is 1.96. The van der Waals surface area contributed by atoms with Crippen molar-refractivity contribution in [2.75, 3.05) is 13.1 Å². The van der Waals surface area contributed by atoms with Crippen molar-refractivity contribution in [3.63, 3.8) is 0 Å². The molecule has 0 rings (SSSR count). The predicted molar refractivity (Wildman–Crippen MR) is 59.1 cm³/mol. The zero-order valence-corrected chi connectivity index (χ0v) is 9.84. The van der Waals surface area contributed by atoms with Gasteiger partial charge in [0.05, 0.1) is 0 Å². The molecule has 0 radical (unpaired) electrons. The van der Waals surface area contributed by atoms with E-state index >= 15 is 0 Å². The molecule has 0 fully saturated rings. The van der Waals surface area contributed by atoms with E-state index in [9.17, 15) is 0 Å². The molecule has 0 amide bonds. The van der Waals surface area contributed by atoms with E-state index in [1.807, 2.05) is 0 Å². The lowest BCUT2D eigenvalue weighted by Crippen LogP contribution is -2.21. The Morgan fingerprint density at radius 3 is 1.38 bits per heavy atom. The highest BCUT2D eigenvalue weighted by Crippen LogP contribution is 1.94. The Labute approximate surface area is 83.9 Å². The Hall–Kier alpha value is -0.0800. The van der Waals surface area contributed by atoms with Gasteiger partial charge in [0.25, 0.3) is 0 Å². The number of hydroxylamine groups is 2. The number of unbranched alkanes of at least 4 members (excludes halogenated alkanes) is 2. The smallest absolute Gasteiger partial charge is 0.0238 e. The largest absolute Gasteiger partial charge is 0.314 e. The van der Waals surface area contributed by atoms with Gasteiger partial charge in [-0.1, -0.05) is 47.0 Å². The molecule has 0 aromatic rings. The molecule has 0 bridgehead atoms. The third kappa shape index (κ3) is 18.7. The number of hydrogen-bond acceptors (Lipinski definition) is 2. The predicted octanol–water partition coefficient (Wildman–Crippen LogP) is 3.69. The molecule has 0 atom stereocenters. The van der Waals surface area contributed by atoms with Gasteiger partial charge in [0.2, 0.25) is 0 Å². The molecule has 0 unspecified atom stereocenters. The van der Waals surface area contributed by atoms with Gasteiger partial charge in [-0.05, 0) is 12.8 Å². The Bertz CT molecular complexity index is 68.5. The van der Waals surface area contributed by atoms with Gasteiger partial charge in [-0.3, -0.25) is 0 Å². The summed E-state index contributed by atoms with van der Waals surface area (Å²) in [7, 11) is 0. The summed E-state index contributed by atoms with van der Waals surface area (Å²) in [5, 5.41) is 10.6. The molecule has 0 aliphatic carbocycles. The van der Waals surface area contributed by atoms with Crippen LogP contribution in [-0.2, 0) is 0 Å². The monoisotopic (exact) mass is 189 g/mol. The lowest BCUT2D eigenvalue weighted by Gasteiger charge is -2.12. The van der Waals surface area contributed by atoms with Crippen LogP contribution in [0.5, 0.6) is 0 Å². The topological polar surface area (TPSA) is 23.5 Å². The van der Waals surface area contributed by atoms with Gasteiger partial charge in [-0.25, -0.2) is 0 Å². The van der Waals surface area contributed by atoms with Crippen molar-refractivity contribution in [2.45, 2.75) is 59.8 Å². The molecule has 2 nitrogen and oxygen atoms in total. The van der Waals surface area contributed by atoms with E-state index in [0.29, 0.717) is 0 Å². The number of hydrogen-bond donors (Lipinski definition) is 1. The molecule has 0 aromatic heterocycles. The first-order valence-corrected chi connectivity index (χ1v) is 5.66. The van der Waals surface area contributed by atoms with Gasteiger partial charge in [0.1, 0.15) is 0 Å². The fourth-order valence-electron chi connectivity index (χ4n) is 0.793. The molecular formula is C11H27NO. The van der Waals surface area contributed by atoms with Crippen LogP contribution in [0, 0.1) is 0 Å². The van der Waals surface area contributed by atoms with E-state index in [4.69, 9.17) is 5.21 Å². The first-order chi connectivity index (χ1) is 6.22. The second-order valence-electron chi connectivity index (χ2n) is 3.37. The molecule has 0 heterocycles. The average molecular weight is 189 g/mol. The SMILES string of the molecule is CCC.CCCCN(O)CCCC. The van der Waals surface area contributed by atoms with Crippen molar-refractivity contribution in [1.82, 2.24) is 5.06 Å². The summed E-state index contributed by atoms with van der Waals surface area (Å²) in [6.45, 7) is 10.2. The quantitative estimate of drug-likeness (QED) is 0.644. The summed E-state index contributed by atoms with van der Waals surface area (Å²) in [5.41, 5.74) is 0. The van der Waals surface area contributed by atoms with Crippen LogP contribution in [0.1, 0.15) is 59.8 Å². The van der Waals surface area contributed by atoms with E-state index in [1.54, 1.807) is 0 Å². The maximum atomic E-state index is 9.14. The Morgan fingerprint density at radius 2 is 1.15 bits per heavy atom. The molecule has 0 aromatic carbocycles. The van der Waals surface area contributed by atoms with E-state index in [1.165, 1.54) is 11.5 Å². The summed E-state index contributed by atoms with van der Waals surface area (Å²) in [6.07, 6.45) is 5.76. The molecular weight excluding hydrogens is 162 g/mol. The van der Waals surface area contributed by atoms with Gasteiger partial charge in [-0.15, -0.1) is 0 Å². The minimum Gasteiger partial charge on any atom is -0.314 e. The lowest BCUT2D eigenvalue weighted by molar-refractivity contribution is -0.0919. The average Bonchev–Trinajstić information content (AvgIpc) is 2.12. The van der Waals surface area contributed by atoms with Crippen LogP contribution >= 0.6 is 0 Å². The van der Waals surface area contributed by atoms with Crippen LogP contribution in [0.2, 0.25) is 0 Å². The minimum atomic E-state index is 0.830. The molecule has 82 valence electrons. The second kappa shape index (κ2) is 14.4. The van der Waals surface area contributed by atoms with E-state index in [2.05, 4.69) is 27.7 Å². The van der Waals surface area contributed by atoms with Crippen molar-refractivity contribution < 1.29 is 5.21 Å². The summed E-state index contributed by atoms with van der Waals surface area (Å²) in [5.74, 6) is 0. The minimum absolute atomic E-state index is 0.830. The van der Waals surface area contributed by atoms with E-state index < -0.39 is 0 Å². The van der Waals surface area contributed by atoms with Crippen LogP contribution in [0.3, 0.4) is 0 Å². The molecule has 0 aliphatic heterocycles. The van der Waals surface area contributed by atoms with Crippen molar-refractivity contribution in [3.8, 4) is 0 Å². The van der Waals surface area contributed by atoms with Gasteiger partial charge in [0, 0.05) is 13.1 Å². The van der Waals surface area contributed by atoms with Crippen molar-refractivity contribution in [3.05, 3.63) is 0 Å². The molecule has 13 heavy (non-hydrogen) atoms. The summed E-state index contributed by atoms with van der Waals surface area (Å²) in [4.78, 5) is 0. The van der Waals surface area contributed by atoms with Gasteiger partial charge in [0.15, 0.2) is 0 Å². The zero-order valence-electron chi connectivity index (χ0n) is 9.84. The van der Waals surface area contributed by atoms with E-state index in [-0.39, 0.29) is 0 Å². The highest BCUT2D eigenvalue weighted by atomic mass is 16.5. The van der Waals surface area contributed by atoms with Gasteiger partial charge in [-0.2, -0.15) is 5.06 Å². The molecule has 0 aliphatic rings. The van der Waals surface area contributed by atoms with Crippen molar-refractivity contribution in [2.24, 2.45) is 0 Å². The number of rotatable bonds is 6. The van der Waals surface area contributed by atoms with Gasteiger partial charge >= 0.3 is 0 Å². The second-order valence-corrected chi connectivity index (χ2v) is 3.37. The fourth-order valence-corrected chi connectivity index (χ4v) is 0.793. The van der Waals surface area contributed by atoms with Gasteiger partial charge < -0.3 is 5.21 Å². The summed E-state index contributed by atoms with van der Waals surface area (Å²) in [6, 6.07) is 0. The van der Waals surface area contributed by atoms with Crippen LogP contribution in [0.4, 0.5) is 0 Å². The molecule has 1 N–H and O–H groups in total. The fraction of sp³-hybridized carbons (Fsp3) is 1.00. The normalized spacial score (nSPS) is 9.69. The first kappa shape index (κ1) is 15.4. The Morgan fingerprint density at radius 1 is 0.846 bits per heavy atom. The third-order valence-electron chi connectivity index (χ3n) is 1.54. The first-order valence-electron chi connectivity index (χ1n) is 5.66. The zero-order chi connectivity index (χ0) is 10.5. The van der Waals surface area contributed by atoms with Crippen LogP contribution in [0.15, 0.2) is 0 Å². The van der Waals surface area contributed by atoms with Crippen LogP contribution in [-0.4, -0.2) is 23.4 Å². The Balaban J connectivity index is 0. The van der Waals surface area contributed by atoms with E-state index in [0.717, 1.165) is 38.8 Å². The molecule has 0 saturated carbocycles. The maximum Gasteiger partial charge on any atom is 0.0238 e. The van der Waals surface area contributed by atoms with Crippen LogP contribution in [0.25, 0.3) is 0 Å². The molecule has 0 spiro atoms. The standard InChI is InChI=1S/C8H19NO.C3H8/c1-3-5-7-9(10)8-6-4-2;1-3-2/h10H,3-8H2,1-2H3;3H2,1-2H3. The Kier molecular flexibility index (Phi) is 17.1. The summed E-state index contributed by atoms with van der Waals surface area (Å²) < 4.78 is 0. The summed E-state index contributed by atoms with van der Waals surface area (Å²) >= 11 is 0. The molecule has 2 heteroatoms. The third-order valence-corrected chi connectivity index (χ3v) is 1.54. The maximum absolute atomic E-state index is 9.14. The van der Waals surface area contributed by atoms with Crippen molar-refractivity contribution in [1.29, 1.82) is 0 Å². The van der Waals surface area contributed by atoms with Crippen LogP contribution < -0.4 is 0 Å².